The first kappa shape index (κ1) is 29.6. The maximum absolute atomic E-state index is 12.8. The number of amides is 1. The second-order valence-electron chi connectivity index (χ2n) is 14.7. The van der Waals surface area contributed by atoms with Crippen LogP contribution in [-0.2, 0) is 4.79 Å². The topological polar surface area (TPSA) is 29.1 Å². The summed E-state index contributed by atoms with van der Waals surface area (Å²) in [6, 6.07) is 0. The molecule has 0 bridgehead atoms. The molecular formula is C33H57BrN2O. The molecule has 0 aromatic carbocycles. The highest BCUT2D eigenvalue weighted by atomic mass is 79.9. The number of carbonyl (C=O) groups is 1. The average Bonchev–Trinajstić information content (AvgIpc) is 3.46. The highest BCUT2D eigenvalue weighted by molar-refractivity contribution is 5.75. The summed E-state index contributed by atoms with van der Waals surface area (Å²) in [6.45, 7) is 17.3. The number of nitrogens with zero attached hydrogens (tertiary/aromatic N) is 1. The van der Waals surface area contributed by atoms with Crippen LogP contribution in [0.4, 0.5) is 0 Å². The smallest absolute Gasteiger partial charge is 0.220 e. The molecule has 5 aliphatic rings. The molecule has 0 radical (unpaired) electrons. The van der Waals surface area contributed by atoms with E-state index in [1.807, 2.05) is 0 Å². The number of rotatable bonds is 9. The average molecular weight is 578 g/mol. The second kappa shape index (κ2) is 12.0. The van der Waals surface area contributed by atoms with E-state index in [-0.39, 0.29) is 22.9 Å². The fourth-order valence-electron chi connectivity index (χ4n) is 11.1. The van der Waals surface area contributed by atoms with Crippen molar-refractivity contribution >= 4 is 5.91 Å². The van der Waals surface area contributed by atoms with E-state index >= 15 is 0 Å². The van der Waals surface area contributed by atoms with Crippen molar-refractivity contribution in [2.24, 2.45) is 46.3 Å². The Bertz CT molecular complexity index is 793. The van der Waals surface area contributed by atoms with Gasteiger partial charge < -0.3 is 26.8 Å². The summed E-state index contributed by atoms with van der Waals surface area (Å²) in [6.07, 6.45) is 21.3. The van der Waals surface area contributed by atoms with Crippen molar-refractivity contribution in [2.75, 3.05) is 32.7 Å². The van der Waals surface area contributed by atoms with Gasteiger partial charge >= 0.3 is 0 Å². The van der Waals surface area contributed by atoms with Gasteiger partial charge in [-0.1, -0.05) is 40.2 Å². The van der Waals surface area contributed by atoms with Crippen LogP contribution < -0.4 is 22.3 Å². The van der Waals surface area contributed by atoms with E-state index in [4.69, 9.17) is 0 Å². The van der Waals surface area contributed by atoms with Gasteiger partial charge in [0.1, 0.15) is 0 Å². The highest BCUT2D eigenvalue weighted by Gasteiger charge is 2.60. The summed E-state index contributed by atoms with van der Waals surface area (Å²) in [5.74, 6) is 5.72. The normalized spacial score (nSPS) is 41.0. The van der Waals surface area contributed by atoms with Crippen molar-refractivity contribution < 1.29 is 26.3 Å². The molecule has 212 valence electrons. The zero-order valence-electron chi connectivity index (χ0n) is 24.4. The van der Waals surface area contributed by atoms with Crippen LogP contribution in [0.3, 0.4) is 0 Å². The molecule has 2 unspecified atom stereocenters. The Balaban J connectivity index is 0.00000320. The van der Waals surface area contributed by atoms with E-state index in [1.54, 1.807) is 0 Å². The minimum Gasteiger partial charge on any atom is -1.00 e. The maximum Gasteiger partial charge on any atom is 0.220 e. The van der Waals surface area contributed by atoms with Gasteiger partial charge in [-0.25, -0.2) is 0 Å². The molecule has 1 saturated heterocycles. The highest BCUT2D eigenvalue weighted by Crippen LogP contribution is 2.68. The van der Waals surface area contributed by atoms with E-state index < -0.39 is 0 Å². The standard InChI is InChI=1S/C33H56N2O.BrH/c1-5-21-35(22-8-9-23-35)24-20-34-31(36)16-11-25(2)28-14-15-29-27-13-12-26-10-6-7-18-32(26,3)30(27)17-19-33(28,29)4;/h5,25-30H,1,6-24H2,2-4H3;1H/t25?,26?,27-,28+,29-,30-,32-,33+;/m0./s1. The first-order valence-corrected chi connectivity index (χ1v) is 16.0. The minimum atomic E-state index is 0. The summed E-state index contributed by atoms with van der Waals surface area (Å²) < 4.78 is 1.13. The number of halogens is 1. The first-order valence-electron chi connectivity index (χ1n) is 16.0. The third-order valence-corrected chi connectivity index (χ3v) is 13.1. The molecule has 0 aromatic rings. The Morgan fingerprint density at radius 3 is 2.49 bits per heavy atom. The van der Waals surface area contributed by atoms with E-state index in [1.165, 1.54) is 90.1 Å². The van der Waals surface area contributed by atoms with Gasteiger partial charge in [-0.05, 0) is 110 Å². The molecule has 1 aliphatic heterocycles. The molecule has 1 heterocycles. The van der Waals surface area contributed by atoms with Gasteiger partial charge in [-0.2, -0.15) is 0 Å². The van der Waals surface area contributed by atoms with Crippen molar-refractivity contribution in [2.45, 2.75) is 111 Å². The van der Waals surface area contributed by atoms with Crippen LogP contribution in [0.1, 0.15) is 111 Å². The van der Waals surface area contributed by atoms with Gasteiger partial charge in [0.05, 0.1) is 32.7 Å². The van der Waals surface area contributed by atoms with Crippen LogP contribution in [0.25, 0.3) is 0 Å². The molecule has 37 heavy (non-hydrogen) atoms. The SMILES string of the molecule is C=CC[N+]1(CCNC(=O)CCC(C)[C@H]2CC[C@H]3[C@@H]4CCC5CCCC[C@]5(C)[C@H]4CC[C@]23C)CCCC1.[Br-]. The van der Waals surface area contributed by atoms with Crippen LogP contribution in [0.2, 0.25) is 0 Å². The third kappa shape index (κ3) is 5.63. The predicted octanol–water partition coefficient (Wildman–Crippen LogP) is 4.37. The fourth-order valence-corrected chi connectivity index (χ4v) is 11.1. The van der Waals surface area contributed by atoms with Crippen LogP contribution in [0, 0.1) is 46.3 Å². The second-order valence-corrected chi connectivity index (χ2v) is 14.7. The van der Waals surface area contributed by atoms with Crippen molar-refractivity contribution in [3.63, 3.8) is 0 Å². The fraction of sp³-hybridized carbons (Fsp3) is 0.909. The molecule has 1 amide bonds. The largest absolute Gasteiger partial charge is 1.00 e. The number of quaternary nitrogens is 1. The molecule has 5 fully saturated rings. The molecule has 0 aromatic heterocycles. The minimum absolute atomic E-state index is 0. The van der Waals surface area contributed by atoms with Crippen LogP contribution in [0.5, 0.6) is 0 Å². The summed E-state index contributed by atoms with van der Waals surface area (Å²) >= 11 is 0. The number of carbonyl (C=O) groups excluding carboxylic acids is 1. The predicted molar refractivity (Wildman–Crippen MR) is 150 cm³/mol. The zero-order chi connectivity index (χ0) is 25.4. The summed E-state index contributed by atoms with van der Waals surface area (Å²) in [4.78, 5) is 12.8. The van der Waals surface area contributed by atoms with Gasteiger partial charge in [0.15, 0.2) is 0 Å². The van der Waals surface area contributed by atoms with Gasteiger partial charge in [-0.15, -0.1) is 0 Å². The molecule has 5 rings (SSSR count). The Labute approximate surface area is 239 Å². The number of nitrogens with one attached hydrogen (secondary N) is 1. The van der Waals surface area contributed by atoms with E-state index in [0.717, 1.165) is 60.1 Å². The van der Waals surface area contributed by atoms with Crippen molar-refractivity contribution in [1.82, 2.24) is 5.32 Å². The molecule has 4 saturated carbocycles. The molecule has 8 atom stereocenters. The first-order chi connectivity index (χ1) is 17.3. The zero-order valence-corrected chi connectivity index (χ0v) is 26.0. The van der Waals surface area contributed by atoms with Crippen molar-refractivity contribution in [3.8, 4) is 0 Å². The van der Waals surface area contributed by atoms with E-state index in [9.17, 15) is 4.79 Å². The number of hydrogen-bond donors (Lipinski definition) is 1. The number of likely N-dealkylation sites (tertiary alicyclic amines) is 1. The summed E-state index contributed by atoms with van der Waals surface area (Å²) in [5.41, 5.74) is 1.16. The lowest BCUT2D eigenvalue weighted by atomic mass is 9.44. The van der Waals surface area contributed by atoms with Crippen LogP contribution in [-0.4, -0.2) is 43.1 Å². The lowest BCUT2D eigenvalue weighted by Crippen LogP contribution is -3.00. The summed E-state index contributed by atoms with van der Waals surface area (Å²) in [5, 5.41) is 3.28. The number of fused-ring (bicyclic) bond motifs is 5. The van der Waals surface area contributed by atoms with Gasteiger partial charge in [0.25, 0.3) is 0 Å². The van der Waals surface area contributed by atoms with Crippen molar-refractivity contribution in [1.29, 1.82) is 0 Å². The molecule has 0 spiro atoms. The van der Waals surface area contributed by atoms with Crippen molar-refractivity contribution in [3.05, 3.63) is 12.7 Å². The third-order valence-electron chi connectivity index (χ3n) is 13.1. The summed E-state index contributed by atoms with van der Waals surface area (Å²) in [7, 11) is 0. The van der Waals surface area contributed by atoms with Gasteiger partial charge in [0, 0.05) is 19.3 Å². The Kier molecular flexibility index (Phi) is 9.63. The van der Waals surface area contributed by atoms with E-state index in [0.29, 0.717) is 23.2 Å². The quantitative estimate of drug-likeness (QED) is 0.320. The molecular weight excluding hydrogens is 520 g/mol. The van der Waals surface area contributed by atoms with Crippen LogP contribution in [0.15, 0.2) is 12.7 Å². The monoisotopic (exact) mass is 576 g/mol. The molecule has 3 nitrogen and oxygen atoms in total. The Morgan fingerprint density at radius 2 is 1.73 bits per heavy atom. The van der Waals surface area contributed by atoms with Gasteiger partial charge in [0.2, 0.25) is 5.91 Å². The molecule has 4 heteroatoms. The molecule has 4 aliphatic carbocycles. The van der Waals surface area contributed by atoms with Crippen LogP contribution >= 0.6 is 0 Å². The Morgan fingerprint density at radius 1 is 0.973 bits per heavy atom. The van der Waals surface area contributed by atoms with E-state index in [2.05, 4.69) is 38.7 Å². The maximum atomic E-state index is 12.8. The molecule has 1 N–H and O–H groups in total. The lowest BCUT2D eigenvalue weighted by Gasteiger charge is -2.61. The van der Waals surface area contributed by atoms with Gasteiger partial charge in [-0.3, -0.25) is 4.79 Å². The lowest BCUT2D eigenvalue weighted by molar-refractivity contribution is -0.910. The number of hydrogen-bond acceptors (Lipinski definition) is 1. The Hall–Kier alpha value is -0.350.